The first-order chi connectivity index (χ1) is 14.9. The Morgan fingerprint density at radius 2 is 1.97 bits per heavy atom. The first-order valence-corrected chi connectivity index (χ1v) is 9.75. The molecule has 9 heteroatoms. The third-order valence-corrected chi connectivity index (χ3v) is 4.80. The van der Waals surface area contributed by atoms with Gasteiger partial charge >= 0.3 is 5.97 Å². The van der Waals surface area contributed by atoms with Crippen LogP contribution in [0.1, 0.15) is 36.4 Å². The van der Waals surface area contributed by atoms with Crippen molar-refractivity contribution >= 4 is 23.5 Å². The van der Waals surface area contributed by atoms with Crippen molar-refractivity contribution in [3.05, 3.63) is 59.2 Å². The number of carbonyl (C=O) groups excluding carboxylic acids is 3. The van der Waals surface area contributed by atoms with Crippen molar-refractivity contribution in [2.24, 2.45) is 0 Å². The molecule has 1 aliphatic heterocycles. The van der Waals surface area contributed by atoms with E-state index in [-0.39, 0.29) is 24.5 Å². The van der Waals surface area contributed by atoms with E-state index in [0.29, 0.717) is 31.1 Å². The minimum atomic E-state index is -1.38. The summed E-state index contributed by atoms with van der Waals surface area (Å²) in [5.41, 5.74) is 1.57. The molecular formula is C22H22F2N2O5. The Morgan fingerprint density at radius 1 is 1.16 bits per heavy atom. The second-order valence-corrected chi connectivity index (χ2v) is 7.01. The zero-order valence-corrected chi connectivity index (χ0v) is 16.9. The van der Waals surface area contributed by atoms with Gasteiger partial charge in [-0.3, -0.25) is 9.59 Å². The molecule has 1 heterocycles. The summed E-state index contributed by atoms with van der Waals surface area (Å²) < 4.78 is 37.5. The molecule has 0 spiro atoms. The summed E-state index contributed by atoms with van der Waals surface area (Å²) in [4.78, 5) is 35.6. The average Bonchev–Trinajstić information content (AvgIpc) is 2.75. The molecule has 2 aromatic rings. The maximum absolute atomic E-state index is 14.0. The quantitative estimate of drug-likeness (QED) is 0.494. The number of esters is 1. The van der Waals surface area contributed by atoms with Crippen LogP contribution in [-0.4, -0.2) is 31.5 Å². The molecule has 2 N–H and O–H groups in total. The van der Waals surface area contributed by atoms with Gasteiger partial charge in [-0.05, 0) is 42.7 Å². The number of hydrogen-bond donors (Lipinski definition) is 2. The standard InChI is InChI=1S/C22H22F2N2O5/c1-30-22(29)21(16-7-5-14(23)12-17(16)24)26-19(27)3-2-10-31-15-6-8-18-13(11-15)4-9-20(28)25-18/h5-8,11-12,21H,2-4,9-10H2,1H3,(H,25,28)(H,26,27). The van der Waals surface area contributed by atoms with E-state index in [9.17, 15) is 23.2 Å². The highest BCUT2D eigenvalue weighted by atomic mass is 19.1. The third kappa shape index (κ3) is 5.78. The molecule has 0 aromatic heterocycles. The summed E-state index contributed by atoms with van der Waals surface area (Å²) in [6.45, 7) is 0.242. The van der Waals surface area contributed by atoms with Gasteiger partial charge < -0.3 is 20.1 Å². The number of methoxy groups -OCH3 is 1. The lowest BCUT2D eigenvalue weighted by Gasteiger charge is -2.18. The molecule has 7 nitrogen and oxygen atoms in total. The van der Waals surface area contributed by atoms with Crippen LogP contribution in [0.15, 0.2) is 36.4 Å². The van der Waals surface area contributed by atoms with Gasteiger partial charge in [-0.25, -0.2) is 13.6 Å². The molecule has 0 fully saturated rings. The zero-order valence-electron chi connectivity index (χ0n) is 16.9. The highest BCUT2D eigenvalue weighted by molar-refractivity contribution is 5.94. The van der Waals surface area contributed by atoms with Crippen LogP contribution in [-0.2, 0) is 25.5 Å². The number of rotatable bonds is 8. The maximum atomic E-state index is 14.0. The first-order valence-electron chi connectivity index (χ1n) is 9.75. The molecule has 0 saturated heterocycles. The number of ether oxygens (including phenoxy) is 2. The fourth-order valence-corrected chi connectivity index (χ4v) is 3.22. The number of aryl methyl sites for hydroxylation is 1. The van der Waals surface area contributed by atoms with Gasteiger partial charge in [0, 0.05) is 30.2 Å². The van der Waals surface area contributed by atoms with Gasteiger partial charge in [-0.1, -0.05) is 6.07 Å². The predicted molar refractivity (Wildman–Crippen MR) is 107 cm³/mol. The number of hydrogen-bond acceptors (Lipinski definition) is 5. The van der Waals surface area contributed by atoms with Crippen LogP contribution in [0, 0.1) is 11.6 Å². The highest BCUT2D eigenvalue weighted by Crippen LogP contribution is 2.27. The molecule has 31 heavy (non-hydrogen) atoms. The second-order valence-electron chi connectivity index (χ2n) is 7.01. The van der Waals surface area contributed by atoms with Crippen LogP contribution < -0.4 is 15.4 Å². The molecule has 1 atom stereocenters. The molecule has 0 bridgehead atoms. The summed E-state index contributed by atoms with van der Waals surface area (Å²) in [5.74, 6) is -2.51. The Bertz CT molecular complexity index is 996. The Labute approximate surface area is 177 Å². The molecule has 2 aromatic carbocycles. The van der Waals surface area contributed by atoms with Gasteiger partial charge in [-0.15, -0.1) is 0 Å². The lowest BCUT2D eigenvalue weighted by molar-refractivity contribution is -0.145. The van der Waals surface area contributed by atoms with Crippen molar-refractivity contribution < 1.29 is 32.6 Å². The Balaban J connectivity index is 1.51. The smallest absolute Gasteiger partial charge is 0.333 e. The topological polar surface area (TPSA) is 93.7 Å². The van der Waals surface area contributed by atoms with Crippen molar-refractivity contribution in [2.45, 2.75) is 31.7 Å². The van der Waals surface area contributed by atoms with Gasteiger partial charge in [-0.2, -0.15) is 0 Å². The van der Waals surface area contributed by atoms with Crippen molar-refractivity contribution in [1.82, 2.24) is 5.32 Å². The van der Waals surface area contributed by atoms with E-state index in [2.05, 4.69) is 15.4 Å². The van der Waals surface area contributed by atoms with Crippen LogP contribution in [0.5, 0.6) is 5.75 Å². The molecule has 3 rings (SSSR count). The van der Waals surface area contributed by atoms with Gasteiger partial charge in [0.15, 0.2) is 6.04 Å². The van der Waals surface area contributed by atoms with Gasteiger partial charge in [0.05, 0.1) is 13.7 Å². The normalized spacial score (nSPS) is 13.6. The maximum Gasteiger partial charge on any atom is 0.333 e. The van der Waals surface area contributed by atoms with Crippen LogP contribution in [0.3, 0.4) is 0 Å². The number of nitrogens with one attached hydrogen (secondary N) is 2. The molecule has 1 aliphatic rings. The Kier molecular flexibility index (Phi) is 7.17. The van der Waals surface area contributed by atoms with Crippen molar-refractivity contribution in [3.63, 3.8) is 0 Å². The third-order valence-electron chi connectivity index (χ3n) is 4.80. The Morgan fingerprint density at radius 3 is 2.71 bits per heavy atom. The molecule has 0 aliphatic carbocycles. The summed E-state index contributed by atoms with van der Waals surface area (Å²) in [6, 6.07) is 6.69. The minimum absolute atomic E-state index is 0.0158. The van der Waals surface area contributed by atoms with Crippen LogP contribution in [0.25, 0.3) is 0 Å². The molecule has 2 amide bonds. The summed E-state index contributed by atoms with van der Waals surface area (Å²) in [5, 5.41) is 5.21. The van der Waals surface area contributed by atoms with Crippen molar-refractivity contribution in [2.75, 3.05) is 19.0 Å². The predicted octanol–water partition coefficient (Wildman–Crippen LogP) is 3.04. The molecule has 1 unspecified atom stereocenters. The van der Waals surface area contributed by atoms with E-state index in [0.717, 1.165) is 30.5 Å². The van der Waals surface area contributed by atoms with E-state index in [1.165, 1.54) is 0 Å². The van der Waals surface area contributed by atoms with Crippen LogP contribution in [0.4, 0.5) is 14.5 Å². The second kappa shape index (κ2) is 10.0. The summed E-state index contributed by atoms with van der Waals surface area (Å²) >= 11 is 0. The molecular weight excluding hydrogens is 410 g/mol. The highest BCUT2D eigenvalue weighted by Gasteiger charge is 2.26. The Hall–Kier alpha value is -3.49. The van der Waals surface area contributed by atoms with E-state index in [1.54, 1.807) is 12.1 Å². The summed E-state index contributed by atoms with van der Waals surface area (Å²) in [6.07, 6.45) is 1.43. The average molecular weight is 432 g/mol. The zero-order chi connectivity index (χ0) is 22.4. The largest absolute Gasteiger partial charge is 0.494 e. The van der Waals surface area contributed by atoms with E-state index < -0.39 is 29.6 Å². The first kappa shape index (κ1) is 22.2. The molecule has 164 valence electrons. The van der Waals surface area contributed by atoms with E-state index in [1.807, 2.05) is 6.07 Å². The van der Waals surface area contributed by atoms with Crippen LogP contribution >= 0.6 is 0 Å². The minimum Gasteiger partial charge on any atom is -0.494 e. The SMILES string of the molecule is COC(=O)C(NC(=O)CCCOc1ccc2c(c1)CCC(=O)N2)c1ccc(F)cc1F. The van der Waals surface area contributed by atoms with Crippen molar-refractivity contribution in [1.29, 1.82) is 0 Å². The van der Waals surface area contributed by atoms with Crippen LogP contribution in [0.2, 0.25) is 0 Å². The van der Waals surface area contributed by atoms with Gasteiger partial charge in [0.2, 0.25) is 11.8 Å². The van der Waals surface area contributed by atoms with Gasteiger partial charge in [0.25, 0.3) is 0 Å². The molecule has 0 radical (unpaired) electrons. The number of amides is 2. The molecule has 0 saturated carbocycles. The van der Waals surface area contributed by atoms with Gasteiger partial charge in [0.1, 0.15) is 17.4 Å². The number of carbonyl (C=O) groups is 3. The monoisotopic (exact) mass is 432 g/mol. The number of halogens is 2. The lowest BCUT2D eigenvalue weighted by Crippen LogP contribution is -2.35. The van der Waals surface area contributed by atoms with E-state index in [4.69, 9.17) is 4.74 Å². The summed E-state index contributed by atoms with van der Waals surface area (Å²) in [7, 11) is 1.11. The number of benzene rings is 2. The fourth-order valence-electron chi connectivity index (χ4n) is 3.22. The van der Waals surface area contributed by atoms with E-state index >= 15 is 0 Å². The lowest BCUT2D eigenvalue weighted by atomic mass is 10.0. The number of anilines is 1. The fraction of sp³-hybridized carbons (Fsp3) is 0.318. The van der Waals surface area contributed by atoms with Crippen molar-refractivity contribution in [3.8, 4) is 5.75 Å². The number of fused-ring (bicyclic) bond motifs is 1.